The summed E-state index contributed by atoms with van der Waals surface area (Å²) in [5, 5.41) is 8.87. The first kappa shape index (κ1) is 17.5. The van der Waals surface area contributed by atoms with Crippen LogP contribution in [0.15, 0.2) is 42.6 Å². The Morgan fingerprint density at radius 2 is 1.96 bits per heavy atom. The van der Waals surface area contributed by atoms with Gasteiger partial charge in [0.1, 0.15) is 11.8 Å². The Morgan fingerprint density at radius 3 is 2.54 bits per heavy atom. The predicted molar refractivity (Wildman–Crippen MR) is 82.3 cm³/mol. The van der Waals surface area contributed by atoms with Crippen molar-refractivity contribution in [1.29, 1.82) is 5.26 Å². The average molecular weight is 333 g/mol. The second kappa shape index (κ2) is 6.71. The van der Waals surface area contributed by atoms with Crippen molar-refractivity contribution in [2.24, 2.45) is 0 Å². The van der Waals surface area contributed by atoms with Gasteiger partial charge in [-0.05, 0) is 44.2 Å². The first-order valence-corrected chi connectivity index (χ1v) is 7.11. The SMILES string of the molecule is CC(C)N(C(=O)c1ccnc(C#N)c1)c1cccc(C(F)(F)F)c1. The van der Waals surface area contributed by atoms with Gasteiger partial charge in [-0.25, -0.2) is 4.98 Å². The number of rotatable bonds is 3. The lowest BCUT2D eigenvalue weighted by Gasteiger charge is -2.27. The highest BCUT2D eigenvalue weighted by molar-refractivity contribution is 6.06. The Bertz CT molecular complexity index is 794. The number of nitrogens with zero attached hydrogens (tertiary/aromatic N) is 3. The summed E-state index contributed by atoms with van der Waals surface area (Å²) in [5.74, 6) is -0.497. The van der Waals surface area contributed by atoms with Gasteiger partial charge >= 0.3 is 6.18 Å². The molecular weight excluding hydrogens is 319 g/mol. The van der Waals surface area contributed by atoms with Gasteiger partial charge < -0.3 is 4.90 Å². The van der Waals surface area contributed by atoms with Crippen LogP contribution in [0, 0.1) is 11.3 Å². The fourth-order valence-corrected chi connectivity index (χ4v) is 2.25. The maximum Gasteiger partial charge on any atom is 0.416 e. The van der Waals surface area contributed by atoms with E-state index in [2.05, 4.69) is 4.98 Å². The van der Waals surface area contributed by atoms with E-state index in [0.29, 0.717) is 0 Å². The third-order valence-corrected chi connectivity index (χ3v) is 3.31. The fraction of sp³-hybridized carbons (Fsp3) is 0.235. The Balaban J connectivity index is 2.47. The van der Waals surface area contributed by atoms with Gasteiger partial charge in [0.05, 0.1) is 5.56 Å². The van der Waals surface area contributed by atoms with Crippen molar-refractivity contribution in [3.8, 4) is 6.07 Å². The molecule has 124 valence electrons. The van der Waals surface area contributed by atoms with Gasteiger partial charge in [-0.1, -0.05) is 6.07 Å². The molecule has 0 radical (unpaired) electrons. The van der Waals surface area contributed by atoms with Crippen LogP contribution in [0.5, 0.6) is 0 Å². The molecule has 0 aliphatic rings. The third kappa shape index (κ3) is 3.71. The van der Waals surface area contributed by atoms with Crippen LogP contribution in [0.3, 0.4) is 0 Å². The number of halogens is 3. The Kier molecular flexibility index (Phi) is 4.88. The minimum absolute atomic E-state index is 0.0635. The van der Waals surface area contributed by atoms with Crippen LogP contribution < -0.4 is 4.90 Å². The molecule has 0 saturated carbocycles. The minimum atomic E-state index is -4.49. The van der Waals surface area contributed by atoms with Crippen LogP contribution in [0.25, 0.3) is 0 Å². The summed E-state index contributed by atoms with van der Waals surface area (Å²) in [4.78, 5) is 17.8. The molecule has 0 atom stereocenters. The number of aromatic nitrogens is 1. The van der Waals surface area contributed by atoms with Crippen LogP contribution in [-0.4, -0.2) is 16.9 Å². The molecule has 1 aromatic heterocycles. The van der Waals surface area contributed by atoms with E-state index in [-0.39, 0.29) is 23.0 Å². The van der Waals surface area contributed by atoms with E-state index in [4.69, 9.17) is 5.26 Å². The van der Waals surface area contributed by atoms with Crippen LogP contribution in [0.4, 0.5) is 18.9 Å². The highest BCUT2D eigenvalue weighted by atomic mass is 19.4. The van der Waals surface area contributed by atoms with Crippen molar-refractivity contribution in [2.75, 3.05) is 4.90 Å². The van der Waals surface area contributed by atoms with Crippen molar-refractivity contribution >= 4 is 11.6 Å². The molecule has 2 aromatic rings. The van der Waals surface area contributed by atoms with Gasteiger partial charge in [0.25, 0.3) is 5.91 Å². The lowest BCUT2D eigenvalue weighted by molar-refractivity contribution is -0.137. The van der Waals surface area contributed by atoms with Crippen LogP contribution in [0.2, 0.25) is 0 Å². The minimum Gasteiger partial charge on any atom is -0.306 e. The quantitative estimate of drug-likeness (QED) is 0.852. The van der Waals surface area contributed by atoms with Gasteiger partial charge in [0.2, 0.25) is 0 Å². The summed E-state index contributed by atoms with van der Waals surface area (Å²) in [5.41, 5.74) is -0.438. The molecule has 1 amide bonds. The Morgan fingerprint density at radius 1 is 1.25 bits per heavy atom. The lowest BCUT2D eigenvalue weighted by Crippen LogP contribution is -2.37. The summed E-state index contributed by atoms with van der Waals surface area (Å²) in [6.45, 7) is 3.40. The van der Waals surface area contributed by atoms with Crippen molar-refractivity contribution in [2.45, 2.75) is 26.1 Å². The number of hydrogen-bond acceptors (Lipinski definition) is 3. The van der Waals surface area contributed by atoms with Crippen molar-refractivity contribution in [3.05, 3.63) is 59.4 Å². The fourth-order valence-electron chi connectivity index (χ4n) is 2.25. The number of carbonyl (C=O) groups excluding carboxylic acids is 1. The molecule has 0 bridgehead atoms. The molecule has 0 unspecified atom stereocenters. The van der Waals surface area contributed by atoms with E-state index in [1.807, 2.05) is 6.07 Å². The van der Waals surface area contributed by atoms with Gasteiger partial charge in [0.15, 0.2) is 0 Å². The van der Waals surface area contributed by atoms with E-state index in [0.717, 1.165) is 12.1 Å². The Hall–Kier alpha value is -2.88. The highest BCUT2D eigenvalue weighted by Crippen LogP contribution is 2.32. The summed E-state index contributed by atoms with van der Waals surface area (Å²) in [6.07, 6.45) is -3.18. The predicted octanol–water partition coefficient (Wildman–Crippen LogP) is 4.03. The Labute approximate surface area is 137 Å². The second-order valence-corrected chi connectivity index (χ2v) is 5.36. The van der Waals surface area contributed by atoms with E-state index < -0.39 is 17.6 Å². The highest BCUT2D eigenvalue weighted by Gasteiger charge is 2.31. The van der Waals surface area contributed by atoms with Crippen molar-refractivity contribution in [3.63, 3.8) is 0 Å². The zero-order chi connectivity index (χ0) is 17.9. The van der Waals surface area contributed by atoms with Crippen LogP contribution in [0.1, 0.15) is 35.5 Å². The largest absolute Gasteiger partial charge is 0.416 e. The number of benzene rings is 1. The maximum atomic E-state index is 12.9. The number of nitriles is 1. The van der Waals surface area contributed by atoms with Crippen molar-refractivity contribution in [1.82, 2.24) is 4.98 Å². The molecule has 0 fully saturated rings. The third-order valence-electron chi connectivity index (χ3n) is 3.31. The smallest absolute Gasteiger partial charge is 0.306 e. The molecule has 0 aliphatic heterocycles. The zero-order valence-electron chi connectivity index (χ0n) is 13.0. The zero-order valence-corrected chi connectivity index (χ0v) is 13.0. The number of pyridine rings is 1. The summed E-state index contributed by atoms with van der Waals surface area (Å²) < 4.78 is 38.7. The first-order chi connectivity index (χ1) is 11.2. The van der Waals surface area contributed by atoms with Crippen molar-refractivity contribution < 1.29 is 18.0 Å². The first-order valence-electron chi connectivity index (χ1n) is 7.11. The van der Waals surface area contributed by atoms with Crippen LogP contribution >= 0.6 is 0 Å². The molecule has 1 heterocycles. The summed E-state index contributed by atoms with van der Waals surface area (Å²) >= 11 is 0. The lowest BCUT2D eigenvalue weighted by atomic mass is 10.1. The molecule has 7 heteroatoms. The van der Waals surface area contributed by atoms with E-state index >= 15 is 0 Å². The molecule has 0 saturated heterocycles. The molecule has 0 N–H and O–H groups in total. The van der Waals surface area contributed by atoms with Crippen LogP contribution in [-0.2, 0) is 6.18 Å². The average Bonchev–Trinajstić information content (AvgIpc) is 2.54. The second-order valence-electron chi connectivity index (χ2n) is 5.36. The monoisotopic (exact) mass is 333 g/mol. The summed E-state index contributed by atoms with van der Waals surface area (Å²) in [7, 11) is 0. The molecule has 4 nitrogen and oxygen atoms in total. The molecule has 24 heavy (non-hydrogen) atoms. The summed E-state index contributed by atoms with van der Waals surface area (Å²) in [6, 6.07) is 8.77. The number of hydrogen-bond donors (Lipinski definition) is 0. The number of carbonyl (C=O) groups is 1. The van der Waals surface area contributed by atoms with E-state index in [1.165, 1.54) is 35.4 Å². The normalized spacial score (nSPS) is 11.2. The number of alkyl halides is 3. The molecule has 1 aromatic carbocycles. The molecule has 2 rings (SSSR count). The topological polar surface area (TPSA) is 57.0 Å². The van der Waals surface area contributed by atoms with Gasteiger partial charge in [-0.15, -0.1) is 0 Å². The standard InChI is InChI=1S/C17H14F3N3O/c1-11(2)23(15-5-3-4-13(9-15)17(18,19)20)16(24)12-6-7-22-14(8-12)10-21/h3-9,11H,1-2H3. The molecule has 0 aliphatic carbocycles. The van der Waals surface area contributed by atoms with E-state index in [9.17, 15) is 18.0 Å². The van der Waals surface area contributed by atoms with Gasteiger partial charge in [-0.3, -0.25) is 4.79 Å². The molecular formula is C17H14F3N3O. The molecule has 0 spiro atoms. The van der Waals surface area contributed by atoms with Gasteiger partial charge in [0, 0.05) is 23.5 Å². The number of anilines is 1. The van der Waals surface area contributed by atoms with E-state index in [1.54, 1.807) is 13.8 Å². The maximum absolute atomic E-state index is 12.9. The number of amides is 1. The van der Waals surface area contributed by atoms with Gasteiger partial charge in [-0.2, -0.15) is 18.4 Å².